The Labute approximate surface area is 177 Å². The first kappa shape index (κ1) is 19.1. The summed E-state index contributed by atoms with van der Waals surface area (Å²) in [5, 5.41) is 16.9. The number of halogens is 1. The number of aryl methyl sites for hydroxylation is 1. The van der Waals surface area contributed by atoms with E-state index >= 15 is 0 Å². The number of rotatable bonds is 3. The number of benzene rings is 1. The van der Waals surface area contributed by atoms with Gasteiger partial charge >= 0.3 is 0 Å². The Kier molecular flexibility index (Phi) is 4.76. The van der Waals surface area contributed by atoms with E-state index in [9.17, 15) is 9.65 Å². The van der Waals surface area contributed by atoms with Crippen molar-refractivity contribution in [3.8, 4) is 28.6 Å². The average molecular weight is 415 g/mol. The van der Waals surface area contributed by atoms with E-state index in [2.05, 4.69) is 36.1 Å². The highest BCUT2D eigenvalue weighted by atomic mass is 19.1. The van der Waals surface area contributed by atoms with Gasteiger partial charge in [-0.2, -0.15) is 10.4 Å². The Bertz CT molecular complexity index is 1280. The van der Waals surface area contributed by atoms with Gasteiger partial charge < -0.3 is 9.64 Å². The van der Waals surface area contributed by atoms with Gasteiger partial charge in [-0.25, -0.2) is 19.3 Å². The predicted octanol–water partition coefficient (Wildman–Crippen LogP) is 3.24. The van der Waals surface area contributed by atoms with Crippen LogP contribution in [0.1, 0.15) is 11.1 Å². The molecule has 0 radical (unpaired) electrons. The molecule has 8 nitrogen and oxygen atoms in total. The van der Waals surface area contributed by atoms with Crippen LogP contribution in [0.5, 0.6) is 0 Å². The maximum atomic E-state index is 14.6. The van der Waals surface area contributed by atoms with E-state index in [-0.39, 0.29) is 5.56 Å². The summed E-state index contributed by atoms with van der Waals surface area (Å²) in [5.41, 5.74) is 3.91. The molecule has 0 unspecified atom stereocenters. The summed E-state index contributed by atoms with van der Waals surface area (Å²) in [6.07, 6.45) is 3.39. The zero-order valence-electron chi connectivity index (χ0n) is 16.8. The van der Waals surface area contributed by atoms with Gasteiger partial charge in [-0.15, -0.1) is 0 Å². The Morgan fingerprint density at radius 3 is 2.65 bits per heavy atom. The van der Waals surface area contributed by atoms with Crippen molar-refractivity contribution in [2.75, 3.05) is 31.2 Å². The summed E-state index contributed by atoms with van der Waals surface area (Å²) < 4.78 is 20.0. The number of hydrogen-bond acceptors (Lipinski definition) is 7. The molecule has 0 aliphatic carbocycles. The van der Waals surface area contributed by atoms with Crippen LogP contribution in [0, 0.1) is 24.1 Å². The third kappa shape index (κ3) is 3.37. The molecule has 4 aromatic rings. The lowest BCUT2D eigenvalue weighted by atomic mass is 10.00. The highest BCUT2D eigenvalue weighted by Gasteiger charge is 2.20. The second kappa shape index (κ2) is 7.74. The Hall–Kier alpha value is -3.90. The maximum absolute atomic E-state index is 14.6. The van der Waals surface area contributed by atoms with E-state index in [0.29, 0.717) is 58.3 Å². The lowest BCUT2D eigenvalue weighted by Crippen LogP contribution is -2.37. The summed E-state index contributed by atoms with van der Waals surface area (Å²) in [5.74, 6) is 0.209. The Balaban J connectivity index is 1.60. The molecular weight excluding hydrogens is 397 g/mol. The number of aromatic amines is 1. The van der Waals surface area contributed by atoms with Crippen molar-refractivity contribution in [3.05, 3.63) is 53.6 Å². The predicted molar refractivity (Wildman–Crippen MR) is 113 cm³/mol. The van der Waals surface area contributed by atoms with Crippen LogP contribution in [0.25, 0.3) is 33.5 Å². The fourth-order valence-electron chi connectivity index (χ4n) is 3.73. The number of morpholine rings is 1. The van der Waals surface area contributed by atoms with Gasteiger partial charge in [0.1, 0.15) is 23.1 Å². The normalized spacial score (nSPS) is 14.0. The number of hydrogen-bond donors (Lipinski definition) is 1. The van der Waals surface area contributed by atoms with E-state index in [1.54, 1.807) is 37.5 Å². The third-order valence-electron chi connectivity index (χ3n) is 5.32. The summed E-state index contributed by atoms with van der Waals surface area (Å²) in [7, 11) is 0. The maximum Gasteiger partial charge on any atom is 0.225 e. The largest absolute Gasteiger partial charge is 0.378 e. The van der Waals surface area contributed by atoms with Crippen molar-refractivity contribution >= 4 is 17.0 Å². The van der Waals surface area contributed by atoms with Crippen molar-refractivity contribution in [1.82, 2.24) is 25.1 Å². The molecule has 1 fully saturated rings. The van der Waals surface area contributed by atoms with Crippen molar-refractivity contribution in [1.29, 1.82) is 5.26 Å². The second-order valence-electron chi connectivity index (χ2n) is 7.27. The lowest BCUT2D eigenvalue weighted by Gasteiger charge is -2.26. The molecule has 0 atom stereocenters. The van der Waals surface area contributed by atoms with Crippen LogP contribution >= 0.6 is 0 Å². The summed E-state index contributed by atoms with van der Waals surface area (Å²) >= 11 is 0. The fraction of sp³-hybridized carbons (Fsp3) is 0.227. The average Bonchev–Trinajstić information content (AvgIpc) is 3.22. The minimum atomic E-state index is -0.424. The molecule has 1 aliphatic heterocycles. The van der Waals surface area contributed by atoms with E-state index in [4.69, 9.17) is 4.74 Å². The van der Waals surface area contributed by atoms with Gasteiger partial charge in [-0.05, 0) is 24.6 Å². The molecule has 9 heteroatoms. The van der Waals surface area contributed by atoms with E-state index in [1.165, 1.54) is 6.07 Å². The number of fused-ring (bicyclic) bond motifs is 1. The first-order valence-electron chi connectivity index (χ1n) is 9.85. The van der Waals surface area contributed by atoms with E-state index < -0.39 is 5.82 Å². The first-order valence-corrected chi connectivity index (χ1v) is 9.85. The fourth-order valence-corrected chi connectivity index (χ4v) is 3.73. The lowest BCUT2D eigenvalue weighted by molar-refractivity contribution is 0.122. The number of pyridine rings is 1. The molecule has 0 saturated carbocycles. The van der Waals surface area contributed by atoms with Gasteiger partial charge in [0.25, 0.3) is 0 Å². The zero-order chi connectivity index (χ0) is 21.4. The molecule has 0 bridgehead atoms. The molecule has 4 heterocycles. The van der Waals surface area contributed by atoms with Gasteiger partial charge in [0.05, 0.1) is 30.0 Å². The molecule has 5 rings (SSSR count). The van der Waals surface area contributed by atoms with Crippen molar-refractivity contribution in [3.63, 3.8) is 0 Å². The number of ether oxygens (including phenoxy) is 1. The second-order valence-corrected chi connectivity index (χ2v) is 7.27. The molecule has 0 amide bonds. The molecule has 1 aliphatic rings. The highest BCUT2D eigenvalue weighted by molar-refractivity contribution is 5.92. The highest BCUT2D eigenvalue weighted by Crippen LogP contribution is 2.32. The summed E-state index contributed by atoms with van der Waals surface area (Å²) in [6.45, 7) is 4.58. The smallest absolute Gasteiger partial charge is 0.225 e. The molecule has 31 heavy (non-hydrogen) atoms. The molecule has 154 valence electrons. The number of H-pyrrole nitrogens is 1. The van der Waals surface area contributed by atoms with Crippen LogP contribution in [0.2, 0.25) is 0 Å². The van der Waals surface area contributed by atoms with Crippen LogP contribution in [0.3, 0.4) is 0 Å². The van der Waals surface area contributed by atoms with Crippen molar-refractivity contribution in [2.45, 2.75) is 6.92 Å². The van der Waals surface area contributed by atoms with E-state index in [0.717, 1.165) is 13.1 Å². The molecule has 3 aromatic heterocycles. The van der Waals surface area contributed by atoms with Crippen LogP contribution in [-0.2, 0) is 4.74 Å². The minimum Gasteiger partial charge on any atom is -0.378 e. The van der Waals surface area contributed by atoms with Gasteiger partial charge in [0.15, 0.2) is 0 Å². The molecule has 1 N–H and O–H groups in total. The van der Waals surface area contributed by atoms with Gasteiger partial charge in [0.2, 0.25) is 5.95 Å². The Morgan fingerprint density at radius 1 is 1.16 bits per heavy atom. The first-order chi connectivity index (χ1) is 15.2. The van der Waals surface area contributed by atoms with Gasteiger partial charge in [-0.3, -0.25) is 5.10 Å². The number of nitrogens with one attached hydrogen (secondary N) is 1. The molecule has 0 spiro atoms. The van der Waals surface area contributed by atoms with Gasteiger partial charge in [-0.1, -0.05) is 12.1 Å². The Morgan fingerprint density at radius 2 is 1.94 bits per heavy atom. The number of anilines is 1. The number of nitriles is 1. The number of aromatic nitrogens is 5. The minimum absolute atomic E-state index is 0.273. The van der Waals surface area contributed by atoms with Crippen LogP contribution in [-0.4, -0.2) is 51.5 Å². The summed E-state index contributed by atoms with van der Waals surface area (Å²) in [4.78, 5) is 15.7. The zero-order valence-corrected chi connectivity index (χ0v) is 16.8. The quantitative estimate of drug-likeness (QED) is 0.548. The standard InChI is InChI=1S/C22H18FN7O/c1-13-3-2-4-16(23)18(13)19-14(10-24)9-17-21(27-19)20(29-28-17)15-11-25-22(26-12-15)30-5-7-31-8-6-30/h2-4,9,11-12H,5-8H2,1H3,(H,28,29). The van der Waals surface area contributed by atoms with Gasteiger partial charge in [0, 0.05) is 36.6 Å². The van der Waals surface area contributed by atoms with E-state index in [1.807, 2.05) is 0 Å². The topological polar surface area (TPSA) is 104 Å². The number of nitrogens with zero attached hydrogens (tertiary/aromatic N) is 6. The van der Waals surface area contributed by atoms with Crippen LogP contribution in [0.4, 0.5) is 10.3 Å². The SMILES string of the molecule is Cc1cccc(F)c1-c1nc2c(-c3cnc(N4CCOCC4)nc3)n[nH]c2cc1C#N. The van der Waals surface area contributed by atoms with Crippen molar-refractivity contribution in [2.24, 2.45) is 0 Å². The molecular formula is C22H18FN7O. The summed E-state index contributed by atoms with van der Waals surface area (Å²) in [6, 6.07) is 8.55. The van der Waals surface area contributed by atoms with Crippen LogP contribution in [0.15, 0.2) is 36.7 Å². The molecule has 1 saturated heterocycles. The molecule has 1 aromatic carbocycles. The van der Waals surface area contributed by atoms with Crippen molar-refractivity contribution < 1.29 is 9.13 Å². The van der Waals surface area contributed by atoms with Crippen LogP contribution < -0.4 is 4.90 Å². The third-order valence-corrected chi connectivity index (χ3v) is 5.32. The monoisotopic (exact) mass is 415 g/mol.